The van der Waals surface area contributed by atoms with Gasteiger partial charge in [0.2, 0.25) is 0 Å². The molecule has 0 unspecified atom stereocenters. The number of nitrogens with zero attached hydrogens (tertiary/aromatic N) is 1. The third-order valence-electron chi connectivity index (χ3n) is 3.83. The Morgan fingerprint density at radius 2 is 1.96 bits per heavy atom. The van der Waals surface area contributed by atoms with Gasteiger partial charge in [0.15, 0.2) is 0 Å². The molecule has 0 bridgehead atoms. The van der Waals surface area contributed by atoms with E-state index in [1.165, 1.54) is 0 Å². The summed E-state index contributed by atoms with van der Waals surface area (Å²) in [6, 6.07) is 9.95. The second-order valence-electron chi connectivity index (χ2n) is 6.99. The maximum atomic E-state index is 12.3. The van der Waals surface area contributed by atoms with E-state index in [1.54, 1.807) is 16.7 Å². The van der Waals surface area contributed by atoms with Crippen LogP contribution in [0.25, 0.3) is 0 Å². The summed E-state index contributed by atoms with van der Waals surface area (Å²) in [7, 11) is 0. The van der Waals surface area contributed by atoms with Crippen molar-refractivity contribution in [2.24, 2.45) is 5.92 Å². The largest absolute Gasteiger partial charge is 0.481 e. The summed E-state index contributed by atoms with van der Waals surface area (Å²) in [6.45, 7) is 6.32. The van der Waals surface area contributed by atoms with Crippen molar-refractivity contribution in [3.05, 3.63) is 35.9 Å². The Hall–Kier alpha value is -1.69. The van der Waals surface area contributed by atoms with Crippen LogP contribution in [-0.4, -0.2) is 46.0 Å². The van der Waals surface area contributed by atoms with E-state index in [0.29, 0.717) is 19.5 Å². The number of benzene rings is 1. The van der Waals surface area contributed by atoms with Crippen molar-refractivity contribution in [1.82, 2.24) is 4.90 Å². The number of hydrogen-bond acceptors (Lipinski definition) is 4. The Balaban J connectivity index is 2.00. The molecule has 6 heteroatoms. The van der Waals surface area contributed by atoms with Gasteiger partial charge in [0, 0.05) is 24.1 Å². The van der Waals surface area contributed by atoms with Crippen LogP contribution in [0.5, 0.6) is 0 Å². The van der Waals surface area contributed by atoms with E-state index in [4.69, 9.17) is 4.74 Å². The van der Waals surface area contributed by atoms with Crippen molar-refractivity contribution in [3.63, 3.8) is 0 Å². The molecule has 1 aliphatic rings. The summed E-state index contributed by atoms with van der Waals surface area (Å²) >= 11 is 1.60. The summed E-state index contributed by atoms with van der Waals surface area (Å²) in [6.07, 6.45) is 0.0951. The molecule has 0 aliphatic carbocycles. The SMILES string of the molecule is CC(C)(C)OC(=O)N1CC[C@@H](C(=O)O)[C@@H](SCc2ccccc2)C1. The standard InChI is InChI=1S/C18H25NO4S/c1-18(2,3)23-17(22)19-10-9-14(16(20)21)15(11-19)24-12-13-7-5-4-6-8-13/h4-8,14-15H,9-12H2,1-3H3,(H,20,21)/t14-,15+/m1/s1. The Bertz CT molecular complexity index is 570. The molecule has 1 saturated heterocycles. The van der Waals surface area contributed by atoms with Gasteiger partial charge in [0.05, 0.1) is 5.92 Å². The molecule has 1 aliphatic heterocycles. The highest BCUT2D eigenvalue weighted by Crippen LogP contribution is 2.31. The monoisotopic (exact) mass is 351 g/mol. The van der Waals surface area contributed by atoms with Crippen LogP contribution in [0.2, 0.25) is 0 Å². The van der Waals surface area contributed by atoms with Crippen molar-refractivity contribution >= 4 is 23.8 Å². The molecule has 0 aromatic heterocycles. The lowest BCUT2D eigenvalue weighted by Gasteiger charge is -2.37. The van der Waals surface area contributed by atoms with Crippen LogP contribution in [0.3, 0.4) is 0 Å². The van der Waals surface area contributed by atoms with Gasteiger partial charge < -0.3 is 14.7 Å². The van der Waals surface area contributed by atoms with Gasteiger partial charge >= 0.3 is 12.1 Å². The van der Waals surface area contributed by atoms with Gasteiger partial charge in [-0.05, 0) is 32.8 Å². The summed E-state index contributed by atoms with van der Waals surface area (Å²) in [5, 5.41) is 9.33. The van der Waals surface area contributed by atoms with Crippen molar-refractivity contribution in [3.8, 4) is 0 Å². The number of amides is 1. The molecular weight excluding hydrogens is 326 g/mol. The maximum Gasteiger partial charge on any atom is 0.410 e. The predicted octanol–water partition coefficient (Wildman–Crippen LogP) is 3.63. The molecule has 1 amide bonds. The van der Waals surface area contributed by atoms with E-state index in [-0.39, 0.29) is 11.3 Å². The number of thioether (sulfide) groups is 1. The number of aliphatic carboxylic acids is 1. The van der Waals surface area contributed by atoms with E-state index in [0.717, 1.165) is 11.3 Å². The Morgan fingerprint density at radius 3 is 2.54 bits per heavy atom. The van der Waals surface area contributed by atoms with Crippen LogP contribution >= 0.6 is 11.8 Å². The number of carboxylic acid groups (broad SMARTS) is 1. The third kappa shape index (κ3) is 5.44. The first kappa shape index (κ1) is 18.6. The summed E-state index contributed by atoms with van der Waals surface area (Å²) in [5.41, 5.74) is 0.606. The van der Waals surface area contributed by atoms with Crippen molar-refractivity contribution in [2.75, 3.05) is 13.1 Å². The lowest BCUT2D eigenvalue weighted by molar-refractivity contribution is -0.143. The Labute approximate surface area is 147 Å². The van der Waals surface area contributed by atoms with Gasteiger partial charge in [-0.2, -0.15) is 11.8 Å². The van der Waals surface area contributed by atoms with E-state index < -0.39 is 17.5 Å². The molecule has 24 heavy (non-hydrogen) atoms. The van der Waals surface area contributed by atoms with Crippen molar-refractivity contribution < 1.29 is 19.4 Å². The molecule has 5 nitrogen and oxygen atoms in total. The van der Waals surface area contributed by atoms with Gasteiger partial charge in [-0.3, -0.25) is 4.79 Å². The van der Waals surface area contributed by atoms with E-state index in [1.807, 2.05) is 51.1 Å². The van der Waals surface area contributed by atoms with Crippen LogP contribution in [0, 0.1) is 5.92 Å². The Morgan fingerprint density at radius 1 is 1.29 bits per heavy atom. The molecule has 1 N–H and O–H groups in total. The van der Waals surface area contributed by atoms with Gasteiger partial charge in [-0.1, -0.05) is 30.3 Å². The molecule has 2 atom stereocenters. The van der Waals surface area contributed by atoms with E-state index >= 15 is 0 Å². The zero-order valence-corrected chi connectivity index (χ0v) is 15.2. The van der Waals surface area contributed by atoms with E-state index in [9.17, 15) is 14.7 Å². The fraction of sp³-hybridized carbons (Fsp3) is 0.556. The zero-order chi connectivity index (χ0) is 17.7. The predicted molar refractivity (Wildman–Crippen MR) is 95.1 cm³/mol. The van der Waals surface area contributed by atoms with E-state index in [2.05, 4.69) is 0 Å². The maximum absolute atomic E-state index is 12.3. The minimum Gasteiger partial charge on any atom is -0.481 e. The molecule has 0 radical (unpaired) electrons. The highest BCUT2D eigenvalue weighted by molar-refractivity contribution is 7.99. The number of rotatable bonds is 4. The molecule has 1 fully saturated rings. The van der Waals surface area contributed by atoms with Crippen molar-refractivity contribution in [2.45, 2.75) is 43.8 Å². The first-order chi connectivity index (χ1) is 11.3. The molecular formula is C18H25NO4S. The first-order valence-corrected chi connectivity index (χ1v) is 9.17. The molecule has 1 heterocycles. The smallest absolute Gasteiger partial charge is 0.410 e. The summed E-state index contributed by atoms with van der Waals surface area (Å²) in [4.78, 5) is 25.4. The fourth-order valence-corrected chi connectivity index (χ4v) is 4.01. The number of ether oxygens (including phenoxy) is 1. The number of carboxylic acids is 1. The number of hydrogen-bond donors (Lipinski definition) is 1. The van der Waals surface area contributed by atoms with Gasteiger partial charge in [0.25, 0.3) is 0 Å². The number of carbonyl (C=O) groups is 2. The number of piperidine rings is 1. The molecule has 1 aromatic carbocycles. The van der Waals surface area contributed by atoms with Crippen LogP contribution in [0.15, 0.2) is 30.3 Å². The highest BCUT2D eigenvalue weighted by Gasteiger charge is 2.37. The van der Waals surface area contributed by atoms with Crippen LogP contribution in [-0.2, 0) is 15.3 Å². The van der Waals surface area contributed by atoms with Gasteiger partial charge in [0.1, 0.15) is 5.60 Å². The minimum absolute atomic E-state index is 0.135. The summed E-state index contributed by atoms with van der Waals surface area (Å²) in [5.74, 6) is -0.487. The van der Waals surface area contributed by atoms with Gasteiger partial charge in [-0.15, -0.1) is 0 Å². The second kappa shape index (κ2) is 7.92. The average molecular weight is 351 g/mol. The summed E-state index contributed by atoms with van der Waals surface area (Å²) < 4.78 is 5.41. The van der Waals surface area contributed by atoms with Crippen LogP contribution in [0.1, 0.15) is 32.8 Å². The zero-order valence-electron chi connectivity index (χ0n) is 14.4. The second-order valence-corrected chi connectivity index (χ2v) is 8.22. The molecule has 0 spiro atoms. The Kier molecular flexibility index (Phi) is 6.15. The lowest BCUT2D eigenvalue weighted by atomic mass is 9.97. The third-order valence-corrected chi connectivity index (χ3v) is 5.24. The topological polar surface area (TPSA) is 66.8 Å². The average Bonchev–Trinajstić information content (AvgIpc) is 2.52. The molecule has 1 aromatic rings. The fourth-order valence-electron chi connectivity index (χ4n) is 2.64. The van der Waals surface area contributed by atoms with Crippen molar-refractivity contribution in [1.29, 1.82) is 0 Å². The normalized spacial score (nSPS) is 21.4. The minimum atomic E-state index is -0.788. The first-order valence-electron chi connectivity index (χ1n) is 8.12. The number of likely N-dealkylation sites (tertiary alicyclic amines) is 1. The van der Waals surface area contributed by atoms with Gasteiger partial charge in [-0.25, -0.2) is 4.79 Å². The molecule has 2 rings (SSSR count). The lowest BCUT2D eigenvalue weighted by Crippen LogP contribution is -2.49. The quantitative estimate of drug-likeness (QED) is 0.897. The van der Waals surface area contributed by atoms with Crippen LogP contribution < -0.4 is 0 Å². The van der Waals surface area contributed by atoms with Crippen LogP contribution in [0.4, 0.5) is 4.79 Å². The highest BCUT2D eigenvalue weighted by atomic mass is 32.2. The molecule has 0 saturated carbocycles. The number of carbonyl (C=O) groups excluding carboxylic acids is 1. The molecule has 132 valence electrons.